The van der Waals surface area contributed by atoms with Gasteiger partial charge >= 0.3 is 19.6 Å². The number of nitrogens with two attached hydrogens (primary N) is 1. The maximum absolute atomic E-state index is 14.0. The molecule has 0 unspecified atom stereocenters. The van der Waals surface area contributed by atoms with Crippen LogP contribution in [0.5, 0.6) is 0 Å². The minimum atomic E-state index is -4.21. The van der Waals surface area contributed by atoms with Gasteiger partial charge < -0.3 is 31.1 Å². The van der Waals surface area contributed by atoms with Crippen LogP contribution in [0.1, 0.15) is 12.8 Å². The molecule has 0 bridgehead atoms. The van der Waals surface area contributed by atoms with Gasteiger partial charge in [-0.15, -0.1) is 46.4 Å². The van der Waals surface area contributed by atoms with E-state index in [-0.39, 0.29) is 56.1 Å². The number of hydrogen-bond acceptors (Lipinski definition) is 9. The van der Waals surface area contributed by atoms with E-state index in [4.69, 9.17) is 66.9 Å². The number of carbonyl (C=O) groups excluding carboxylic acids is 2. The first-order chi connectivity index (χ1) is 19.2. The van der Waals surface area contributed by atoms with Crippen molar-refractivity contribution in [2.24, 2.45) is 5.73 Å². The van der Waals surface area contributed by atoms with Crippen LogP contribution in [0.15, 0.2) is 0 Å². The lowest BCUT2D eigenvalue weighted by Gasteiger charge is -2.37. The predicted octanol–water partition coefficient (Wildman–Crippen LogP) is -0.0372. The summed E-state index contributed by atoms with van der Waals surface area (Å²) in [6, 6.07) is -3.10. The van der Waals surface area contributed by atoms with Crippen LogP contribution in [0.3, 0.4) is 0 Å². The van der Waals surface area contributed by atoms with Crippen molar-refractivity contribution in [1.29, 1.82) is 0 Å². The van der Waals surface area contributed by atoms with E-state index in [0.29, 0.717) is 0 Å². The molecule has 0 saturated carbocycles. The standard InChI is InChI=1S/C20H36Cl4N5O10PS/c21-3-7-28(8-4-22)40(36,29(9-5-23)10-6-24)39-11-12-41(37,38)14-16(19(33)26-13-18(31)32)27-17(30)2-1-15(25)20(34)35/h15-16H,1-14,25H2,(H,26,33)(H,27,30)(H,31,32)(H,34,35)/t15-,16-/m0/s1. The first kappa shape index (κ1) is 40.1. The predicted molar refractivity (Wildman–Crippen MR) is 156 cm³/mol. The maximum atomic E-state index is 14.0. The number of nitrogens with zero attached hydrogens (tertiary/aromatic N) is 2. The number of aliphatic carboxylic acids is 2. The molecule has 15 nitrogen and oxygen atoms in total. The Morgan fingerprint density at radius 3 is 1.83 bits per heavy atom. The van der Waals surface area contributed by atoms with Gasteiger partial charge in [0.25, 0.3) is 0 Å². The average Bonchev–Trinajstić information content (AvgIpc) is 2.89. The quantitative estimate of drug-likeness (QED) is 0.0656. The van der Waals surface area contributed by atoms with Crippen molar-refractivity contribution >= 4 is 87.7 Å². The molecule has 0 aromatic rings. The Hall–Kier alpha value is -0.940. The summed E-state index contributed by atoms with van der Waals surface area (Å²) in [4.78, 5) is 46.5. The molecule has 6 N–H and O–H groups in total. The number of carboxylic acid groups (broad SMARTS) is 2. The first-order valence-electron chi connectivity index (χ1n) is 12.1. The van der Waals surface area contributed by atoms with E-state index in [2.05, 4.69) is 5.32 Å². The van der Waals surface area contributed by atoms with Gasteiger partial charge in [-0.25, -0.2) is 17.8 Å². The lowest BCUT2D eigenvalue weighted by molar-refractivity contribution is -0.139. The summed E-state index contributed by atoms with van der Waals surface area (Å²) in [5, 5.41) is 21.8. The Balaban J connectivity index is 5.75. The van der Waals surface area contributed by atoms with Crippen LogP contribution in [-0.4, -0.2) is 138 Å². The Labute approximate surface area is 258 Å². The zero-order chi connectivity index (χ0) is 31.6. The third kappa shape index (κ3) is 15.9. The normalized spacial score (nSPS) is 13.6. The van der Waals surface area contributed by atoms with Gasteiger partial charge in [-0.3, -0.25) is 23.7 Å². The minimum Gasteiger partial charge on any atom is -0.480 e. The second-order valence-electron chi connectivity index (χ2n) is 8.32. The zero-order valence-corrected chi connectivity index (χ0v) is 26.8. The van der Waals surface area contributed by atoms with Gasteiger partial charge in [0, 0.05) is 56.1 Å². The number of alkyl halides is 4. The Bertz CT molecular complexity index is 981. The van der Waals surface area contributed by atoms with E-state index in [1.165, 1.54) is 9.34 Å². The molecule has 0 fully saturated rings. The average molecular weight is 711 g/mol. The van der Waals surface area contributed by atoms with Crippen molar-refractivity contribution in [1.82, 2.24) is 20.0 Å². The summed E-state index contributed by atoms with van der Waals surface area (Å²) in [5.41, 5.74) is 5.35. The summed E-state index contributed by atoms with van der Waals surface area (Å²) in [6.07, 6.45) is -0.751. The number of carbonyl (C=O) groups is 4. The molecule has 41 heavy (non-hydrogen) atoms. The molecule has 2 amide bonds. The second kappa shape index (κ2) is 20.9. The topological polar surface area (TPSA) is 226 Å². The highest BCUT2D eigenvalue weighted by Crippen LogP contribution is 2.54. The number of hydrogen-bond donors (Lipinski definition) is 5. The second-order valence-corrected chi connectivity index (χ2v) is 14.4. The Morgan fingerprint density at radius 2 is 1.41 bits per heavy atom. The highest BCUT2D eigenvalue weighted by molar-refractivity contribution is 7.91. The fourth-order valence-electron chi connectivity index (χ4n) is 3.23. The van der Waals surface area contributed by atoms with E-state index < -0.39 is 84.4 Å². The van der Waals surface area contributed by atoms with Crippen LogP contribution >= 0.6 is 54.1 Å². The molecule has 0 radical (unpaired) electrons. The van der Waals surface area contributed by atoms with Gasteiger partial charge in [0.15, 0.2) is 9.84 Å². The van der Waals surface area contributed by atoms with E-state index in [9.17, 15) is 32.2 Å². The fraction of sp³-hybridized carbons (Fsp3) is 0.800. The number of rotatable bonds is 24. The summed E-state index contributed by atoms with van der Waals surface area (Å²) in [5.74, 6) is -6.25. The first-order valence-corrected chi connectivity index (χ1v) is 17.6. The van der Waals surface area contributed by atoms with Crippen LogP contribution in [-0.2, 0) is 38.1 Å². The number of amides is 2. The molecule has 0 aliphatic heterocycles. The molecule has 0 aliphatic carbocycles. The van der Waals surface area contributed by atoms with Crippen LogP contribution in [0.2, 0.25) is 0 Å². The molecule has 21 heteroatoms. The van der Waals surface area contributed by atoms with Gasteiger partial charge in [-0.05, 0) is 6.42 Å². The zero-order valence-electron chi connectivity index (χ0n) is 22.1. The SMILES string of the molecule is N[C@@H](CCC(=O)N[C@@H](CS(=O)(=O)CCOP(=O)(N(CCCl)CCCl)N(CCCl)CCCl)C(=O)NCC(=O)O)C(=O)O. The monoisotopic (exact) mass is 709 g/mol. The van der Waals surface area contributed by atoms with E-state index in [0.717, 1.165) is 0 Å². The maximum Gasteiger partial charge on any atom is 0.346 e. The van der Waals surface area contributed by atoms with Crippen LogP contribution in [0.4, 0.5) is 0 Å². The Morgan fingerprint density at radius 1 is 0.927 bits per heavy atom. The molecule has 0 aromatic heterocycles. The van der Waals surface area contributed by atoms with Gasteiger partial charge in [-0.1, -0.05) is 0 Å². The van der Waals surface area contributed by atoms with Gasteiger partial charge in [0.2, 0.25) is 11.8 Å². The molecular formula is C20H36Cl4N5O10PS. The van der Waals surface area contributed by atoms with Crippen molar-refractivity contribution in [3.63, 3.8) is 0 Å². The summed E-state index contributed by atoms with van der Waals surface area (Å²) in [7, 11) is -8.13. The summed E-state index contributed by atoms with van der Waals surface area (Å²) in [6.45, 7) is -1.11. The third-order valence-corrected chi connectivity index (χ3v) is 10.3. The minimum absolute atomic E-state index is 0.0579. The summed E-state index contributed by atoms with van der Waals surface area (Å²) >= 11 is 23.4. The highest BCUT2D eigenvalue weighted by atomic mass is 35.5. The smallest absolute Gasteiger partial charge is 0.346 e. The molecule has 0 aromatic carbocycles. The molecule has 0 rings (SSSR count). The molecule has 0 spiro atoms. The van der Waals surface area contributed by atoms with Crippen molar-refractivity contribution in [2.45, 2.75) is 24.9 Å². The lowest BCUT2D eigenvalue weighted by Crippen LogP contribution is -2.51. The largest absolute Gasteiger partial charge is 0.480 e. The van der Waals surface area contributed by atoms with E-state index >= 15 is 0 Å². The third-order valence-electron chi connectivity index (χ3n) is 5.22. The summed E-state index contributed by atoms with van der Waals surface area (Å²) < 4.78 is 48.3. The highest BCUT2D eigenvalue weighted by Gasteiger charge is 2.38. The van der Waals surface area contributed by atoms with Crippen molar-refractivity contribution in [3.8, 4) is 0 Å². The molecule has 0 aliphatic rings. The number of carboxylic acids is 2. The molecule has 240 valence electrons. The molecule has 0 saturated heterocycles. The molecule has 2 atom stereocenters. The van der Waals surface area contributed by atoms with Gasteiger partial charge in [0.05, 0.1) is 18.1 Å². The Kier molecular flexibility index (Phi) is 20.4. The number of nitrogens with one attached hydrogen (secondary N) is 2. The van der Waals surface area contributed by atoms with Crippen LogP contribution in [0, 0.1) is 0 Å². The van der Waals surface area contributed by atoms with Crippen LogP contribution < -0.4 is 16.4 Å². The van der Waals surface area contributed by atoms with E-state index in [1.54, 1.807) is 0 Å². The van der Waals surface area contributed by atoms with Crippen molar-refractivity contribution in [3.05, 3.63) is 0 Å². The van der Waals surface area contributed by atoms with Crippen LogP contribution in [0.25, 0.3) is 0 Å². The van der Waals surface area contributed by atoms with Crippen molar-refractivity contribution in [2.75, 3.05) is 74.4 Å². The molecule has 0 heterocycles. The molecular weight excluding hydrogens is 675 g/mol. The van der Waals surface area contributed by atoms with Gasteiger partial charge in [0.1, 0.15) is 18.6 Å². The van der Waals surface area contributed by atoms with Gasteiger partial charge in [-0.2, -0.15) is 0 Å². The number of sulfone groups is 1. The van der Waals surface area contributed by atoms with Crippen molar-refractivity contribution < 1.29 is 46.9 Å². The number of halogens is 4. The lowest BCUT2D eigenvalue weighted by atomic mass is 10.1. The van der Waals surface area contributed by atoms with E-state index in [1.807, 2.05) is 5.32 Å². The fourth-order valence-corrected chi connectivity index (χ4v) is 8.31.